The Morgan fingerprint density at radius 1 is 1.12 bits per heavy atom. The molecule has 4 rings (SSSR count). The molecule has 0 radical (unpaired) electrons. The first-order valence-electron chi connectivity index (χ1n) is 7.85. The number of anilines is 3. The maximum absolute atomic E-state index is 4.59. The van der Waals surface area contributed by atoms with Gasteiger partial charge in [-0.05, 0) is 25.8 Å². The Hall–Kier alpha value is -2.61. The van der Waals surface area contributed by atoms with E-state index < -0.39 is 0 Å². The van der Waals surface area contributed by atoms with Gasteiger partial charge in [-0.3, -0.25) is 4.98 Å². The molecule has 3 aromatic rings. The first kappa shape index (κ1) is 14.9. The van der Waals surface area contributed by atoms with Gasteiger partial charge in [0.1, 0.15) is 5.69 Å². The molecular formula is C16H17N7S. The summed E-state index contributed by atoms with van der Waals surface area (Å²) >= 11 is 1.56. The molecule has 4 heterocycles. The van der Waals surface area contributed by atoms with Crippen LogP contribution in [-0.4, -0.2) is 31.5 Å². The molecule has 0 spiro atoms. The van der Waals surface area contributed by atoms with Gasteiger partial charge in [-0.1, -0.05) is 0 Å². The smallest absolute Gasteiger partial charge is 0.225 e. The van der Waals surface area contributed by atoms with Crippen molar-refractivity contribution >= 4 is 28.2 Å². The summed E-state index contributed by atoms with van der Waals surface area (Å²) in [5, 5.41) is 6.15. The molecule has 8 heteroatoms. The maximum Gasteiger partial charge on any atom is 0.225 e. The van der Waals surface area contributed by atoms with Crippen molar-refractivity contribution in [3.05, 3.63) is 47.6 Å². The second kappa shape index (κ2) is 6.48. The molecule has 0 aliphatic carbocycles. The maximum atomic E-state index is 4.59. The van der Waals surface area contributed by atoms with Crippen LogP contribution in [0, 0.1) is 6.92 Å². The van der Waals surface area contributed by atoms with E-state index in [-0.39, 0.29) is 6.04 Å². The van der Waals surface area contributed by atoms with Crippen LogP contribution in [0.5, 0.6) is 0 Å². The van der Waals surface area contributed by atoms with E-state index in [4.69, 9.17) is 0 Å². The third-order valence-corrected chi connectivity index (χ3v) is 4.82. The quantitative estimate of drug-likeness (QED) is 0.782. The number of thiazole rings is 1. The molecule has 1 unspecified atom stereocenters. The monoisotopic (exact) mass is 339 g/mol. The lowest BCUT2D eigenvalue weighted by atomic mass is 10.1. The normalized spacial score (nSPS) is 17.2. The number of aryl methyl sites for hydroxylation is 1. The van der Waals surface area contributed by atoms with E-state index in [1.165, 1.54) is 0 Å². The second-order valence-electron chi connectivity index (χ2n) is 5.61. The van der Waals surface area contributed by atoms with Crippen molar-refractivity contribution in [1.82, 2.24) is 24.9 Å². The van der Waals surface area contributed by atoms with Crippen molar-refractivity contribution in [2.24, 2.45) is 0 Å². The molecule has 0 bridgehead atoms. The fourth-order valence-corrected chi connectivity index (χ4v) is 3.62. The molecule has 1 aliphatic rings. The van der Waals surface area contributed by atoms with E-state index in [9.17, 15) is 0 Å². The predicted octanol–water partition coefficient (Wildman–Crippen LogP) is 3.12. The summed E-state index contributed by atoms with van der Waals surface area (Å²) < 4.78 is 0. The summed E-state index contributed by atoms with van der Waals surface area (Å²) in [7, 11) is 0. The lowest BCUT2D eigenvalue weighted by Crippen LogP contribution is -2.26. The van der Waals surface area contributed by atoms with Crippen LogP contribution in [0.4, 0.5) is 16.9 Å². The average Bonchev–Trinajstić information content (AvgIpc) is 3.25. The minimum absolute atomic E-state index is 0.115. The minimum atomic E-state index is 0.115. The van der Waals surface area contributed by atoms with Crippen LogP contribution < -0.4 is 10.2 Å². The summed E-state index contributed by atoms with van der Waals surface area (Å²) in [5.41, 5.74) is 1.91. The second-order valence-corrected chi connectivity index (χ2v) is 6.47. The van der Waals surface area contributed by atoms with Gasteiger partial charge < -0.3 is 10.2 Å². The van der Waals surface area contributed by atoms with E-state index in [1.807, 2.05) is 18.4 Å². The van der Waals surface area contributed by atoms with E-state index in [0.717, 1.165) is 47.7 Å². The Morgan fingerprint density at radius 3 is 2.75 bits per heavy atom. The SMILES string of the molecule is Cc1csc(Nc2nccnc2C2CCCN2c2ncccn2)n1. The highest BCUT2D eigenvalue weighted by molar-refractivity contribution is 7.13. The van der Waals surface area contributed by atoms with Crippen LogP contribution in [0.1, 0.15) is 30.3 Å². The zero-order valence-corrected chi connectivity index (χ0v) is 14.1. The molecule has 1 atom stereocenters. The number of hydrogen-bond donors (Lipinski definition) is 1. The van der Waals surface area contributed by atoms with E-state index >= 15 is 0 Å². The van der Waals surface area contributed by atoms with E-state index in [1.54, 1.807) is 36.1 Å². The van der Waals surface area contributed by atoms with Crippen molar-refractivity contribution in [3.63, 3.8) is 0 Å². The Kier molecular flexibility index (Phi) is 4.04. The predicted molar refractivity (Wildman–Crippen MR) is 93.5 cm³/mol. The molecule has 1 aliphatic heterocycles. The van der Waals surface area contributed by atoms with Crippen LogP contribution in [0.3, 0.4) is 0 Å². The first-order chi connectivity index (χ1) is 11.8. The molecule has 0 aromatic carbocycles. The lowest BCUT2D eigenvalue weighted by Gasteiger charge is -2.25. The van der Waals surface area contributed by atoms with Crippen LogP contribution in [0.15, 0.2) is 36.2 Å². The molecule has 3 aromatic heterocycles. The largest absolute Gasteiger partial charge is 0.332 e. The summed E-state index contributed by atoms with van der Waals surface area (Å²) in [6.07, 6.45) is 9.05. The van der Waals surface area contributed by atoms with Crippen molar-refractivity contribution in [2.75, 3.05) is 16.8 Å². The summed E-state index contributed by atoms with van der Waals surface area (Å²) in [6.45, 7) is 2.89. The van der Waals surface area contributed by atoms with Gasteiger partial charge in [0.15, 0.2) is 10.9 Å². The Labute approximate surface area is 143 Å². The third kappa shape index (κ3) is 2.92. The van der Waals surface area contributed by atoms with Gasteiger partial charge in [0.25, 0.3) is 0 Å². The molecule has 24 heavy (non-hydrogen) atoms. The van der Waals surface area contributed by atoms with Gasteiger partial charge in [-0.25, -0.2) is 19.9 Å². The van der Waals surface area contributed by atoms with Gasteiger partial charge in [0.2, 0.25) is 5.95 Å². The fraction of sp³-hybridized carbons (Fsp3) is 0.312. The molecular weight excluding hydrogens is 322 g/mol. The van der Waals surface area contributed by atoms with Crippen molar-refractivity contribution in [3.8, 4) is 0 Å². The molecule has 7 nitrogen and oxygen atoms in total. The van der Waals surface area contributed by atoms with Gasteiger partial charge in [-0.15, -0.1) is 11.3 Å². The van der Waals surface area contributed by atoms with E-state index in [0.29, 0.717) is 0 Å². The van der Waals surface area contributed by atoms with Gasteiger partial charge in [0, 0.05) is 36.7 Å². The molecule has 1 N–H and O–H groups in total. The van der Waals surface area contributed by atoms with Crippen LogP contribution in [0.2, 0.25) is 0 Å². The zero-order chi connectivity index (χ0) is 16.4. The molecule has 0 saturated carbocycles. The van der Waals surface area contributed by atoms with Crippen LogP contribution in [0.25, 0.3) is 0 Å². The molecule has 1 fully saturated rings. The lowest BCUT2D eigenvalue weighted by molar-refractivity contribution is 0.677. The first-order valence-corrected chi connectivity index (χ1v) is 8.73. The van der Waals surface area contributed by atoms with Gasteiger partial charge >= 0.3 is 0 Å². The van der Waals surface area contributed by atoms with Gasteiger partial charge in [0.05, 0.1) is 11.7 Å². The van der Waals surface area contributed by atoms with E-state index in [2.05, 4.69) is 35.1 Å². The zero-order valence-electron chi connectivity index (χ0n) is 13.3. The number of rotatable bonds is 4. The standard InChI is InChI=1S/C16H17N7S/c1-11-10-24-16(21-11)22-14-13(17-7-8-18-14)12-4-2-9-23(12)15-19-5-3-6-20-15/h3,5-8,10,12H,2,4,9H2,1H3,(H,18,21,22). The van der Waals surface area contributed by atoms with Crippen LogP contribution >= 0.6 is 11.3 Å². The van der Waals surface area contributed by atoms with Crippen molar-refractivity contribution < 1.29 is 0 Å². The average molecular weight is 339 g/mol. The number of nitrogens with zero attached hydrogens (tertiary/aromatic N) is 6. The highest BCUT2D eigenvalue weighted by atomic mass is 32.1. The van der Waals surface area contributed by atoms with Crippen LogP contribution in [-0.2, 0) is 0 Å². The summed E-state index contributed by atoms with van der Waals surface area (Å²) in [4.78, 5) is 24.5. The Morgan fingerprint density at radius 2 is 1.96 bits per heavy atom. The topological polar surface area (TPSA) is 79.7 Å². The summed E-state index contributed by atoms with van der Waals surface area (Å²) in [5.74, 6) is 1.49. The highest BCUT2D eigenvalue weighted by Crippen LogP contribution is 2.36. The fourth-order valence-electron chi connectivity index (χ4n) is 2.93. The highest BCUT2D eigenvalue weighted by Gasteiger charge is 2.31. The molecule has 0 amide bonds. The Bertz CT molecular complexity index is 820. The van der Waals surface area contributed by atoms with Crippen molar-refractivity contribution in [1.29, 1.82) is 0 Å². The number of aromatic nitrogens is 5. The number of nitrogens with one attached hydrogen (secondary N) is 1. The summed E-state index contributed by atoms with van der Waals surface area (Å²) in [6, 6.07) is 1.94. The minimum Gasteiger partial charge on any atom is -0.332 e. The van der Waals surface area contributed by atoms with Crippen molar-refractivity contribution in [2.45, 2.75) is 25.8 Å². The Balaban J connectivity index is 1.66. The molecule has 122 valence electrons. The third-order valence-electron chi connectivity index (χ3n) is 3.95. The number of hydrogen-bond acceptors (Lipinski definition) is 8. The molecule has 1 saturated heterocycles. The van der Waals surface area contributed by atoms with Gasteiger partial charge in [-0.2, -0.15) is 0 Å².